The van der Waals surface area contributed by atoms with E-state index in [1.165, 1.54) is 12.1 Å². The molecule has 3 heteroatoms. The summed E-state index contributed by atoms with van der Waals surface area (Å²) in [6.45, 7) is 7.49. The Kier molecular flexibility index (Phi) is 4.32. The van der Waals surface area contributed by atoms with Gasteiger partial charge in [-0.15, -0.1) is 0 Å². The summed E-state index contributed by atoms with van der Waals surface area (Å²) in [4.78, 5) is 0. The Bertz CT molecular complexity index is 649. The minimum atomic E-state index is -4.29. The maximum Gasteiger partial charge on any atom is 0.416 e. The van der Waals surface area contributed by atoms with Crippen molar-refractivity contribution in [3.05, 3.63) is 83.4 Å². The fourth-order valence-corrected chi connectivity index (χ4v) is 2.14. The van der Waals surface area contributed by atoms with Crippen molar-refractivity contribution in [2.45, 2.75) is 12.6 Å². The molecule has 2 rings (SSSR count). The third kappa shape index (κ3) is 3.63. The highest BCUT2D eigenvalue weighted by molar-refractivity contribution is 5.64. The van der Waals surface area contributed by atoms with E-state index < -0.39 is 11.7 Å². The third-order valence-corrected chi connectivity index (χ3v) is 3.28. The summed E-state index contributed by atoms with van der Waals surface area (Å²) in [6.07, 6.45) is -0.220. The second kappa shape index (κ2) is 6.00. The normalized spacial score (nSPS) is 11.2. The molecule has 0 N–H and O–H groups in total. The molecule has 0 amide bonds. The first-order valence-electron chi connectivity index (χ1n) is 6.48. The highest BCUT2D eigenvalue weighted by Gasteiger charge is 2.29. The van der Waals surface area contributed by atoms with Crippen LogP contribution in [0, 0.1) is 0 Å². The second-order valence-electron chi connectivity index (χ2n) is 4.74. The largest absolute Gasteiger partial charge is 0.416 e. The highest BCUT2D eigenvalue weighted by atomic mass is 19.4. The van der Waals surface area contributed by atoms with E-state index in [4.69, 9.17) is 0 Å². The Hall–Kier alpha value is -2.29. The molecule has 21 heavy (non-hydrogen) atoms. The van der Waals surface area contributed by atoms with Gasteiger partial charge in [0.2, 0.25) is 0 Å². The summed E-state index contributed by atoms with van der Waals surface area (Å²) in [5.74, 6) is 0. The van der Waals surface area contributed by atoms with Gasteiger partial charge in [0.05, 0.1) is 5.56 Å². The Labute approximate surface area is 122 Å². The average Bonchev–Trinajstić information content (AvgIpc) is 2.46. The number of halogens is 3. The highest BCUT2D eigenvalue weighted by Crippen LogP contribution is 2.29. The summed E-state index contributed by atoms with van der Waals surface area (Å²) in [6, 6.07) is 11.1. The lowest BCUT2D eigenvalue weighted by molar-refractivity contribution is -0.137. The molecule has 0 saturated carbocycles. The van der Waals surface area contributed by atoms with Crippen molar-refractivity contribution in [1.82, 2.24) is 0 Å². The van der Waals surface area contributed by atoms with Gasteiger partial charge in [-0.1, -0.05) is 55.6 Å². The third-order valence-electron chi connectivity index (χ3n) is 3.28. The van der Waals surface area contributed by atoms with Crippen LogP contribution in [-0.4, -0.2) is 0 Å². The van der Waals surface area contributed by atoms with E-state index in [-0.39, 0.29) is 0 Å². The van der Waals surface area contributed by atoms with Crippen molar-refractivity contribution in [2.75, 3.05) is 0 Å². The van der Waals surface area contributed by atoms with Crippen molar-refractivity contribution >= 4 is 12.2 Å². The number of hydrogen-bond donors (Lipinski definition) is 0. The molecule has 0 radical (unpaired) electrons. The Morgan fingerprint density at radius 1 is 0.810 bits per heavy atom. The molecule has 2 aromatic rings. The van der Waals surface area contributed by atoms with Gasteiger partial charge < -0.3 is 0 Å². The maximum absolute atomic E-state index is 12.5. The molecule has 0 aliphatic carbocycles. The summed E-state index contributed by atoms with van der Waals surface area (Å²) in [5, 5.41) is 0. The quantitative estimate of drug-likeness (QED) is 0.688. The fraction of sp³-hybridized carbons (Fsp3) is 0.111. The molecule has 0 unspecified atom stereocenters. The van der Waals surface area contributed by atoms with Gasteiger partial charge in [-0.2, -0.15) is 13.2 Å². The van der Waals surface area contributed by atoms with Gasteiger partial charge in [-0.25, -0.2) is 0 Å². The molecule has 0 atom stereocenters. The molecule has 0 heterocycles. The summed E-state index contributed by atoms with van der Waals surface area (Å²) < 4.78 is 37.5. The van der Waals surface area contributed by atoms with Crippen LogP contribution in [0.2, 0.25) is 0 Å². The van der Waals surface area contributed by atoms with Crippen LogP contribution in [0.3, 0.4) is 0 Å². The zero-order valence-corrected chi connectivity index (χ0v) is 11.5. The minimum absolute atomic E-state index is 0.580. The topological polar surface area (TPSA) is 0 Å². The first-order valence-corrected chi connectivity index (χ1v) is 6.48. The molecule has 0 bridgehead atoms. The molecule has 2 aromatic carbocycles. The molecule has 0 spiro atoms. The predicted octanol–water partition coefficient (Wildman–Crippen LogP) is 5.58. The molecular formula is C18H15F3. The fourth-order valence-electron chi connectivity index (χ4n) is 2.14. The smallest absolute Gasteiger partial charge is 0.166 e. The zero-order valence-electron chi connectivity index (χ0n) is 11.5. The summed E-state index contributed by atoms with van der Waals surface area (Å²) >= 11 is 0. The molecule has 0 saturated heterocycles. The Morgan fingerprint density at radius 2 is 1.38 bits per heavy atom. The van der Waals surface area contributed by atoms with E-state index >= 15 is 0 Å². The summed E-state index contributed by atoms with van der Waals surface area (Å²) in [7, 11) is 0. The number of rotatable bonds is 4. The molecule has 0 fully saturated rings. The first-order chi connectivity index (χ1) is 9.94. The van der Waals surface area contributed by atoms with Crippen LogP contribution < -0.4 is 0 Å². The molecule has 0 aromatic heterocycles. The van der Waals surface area contributed by atoms with Crippen molar-refractivity contribution < 1.29 is 13.2 Å². The van der Waals surface area contributed by atoms with Crippen LogP contribution in [-0.2, 0) is 12.6 Å². The molecular weight excluding hydrogens is 273 g/mol. The van der Waals surface area contributed by atoms with Crippen LogP contribution in [0.5, 0.6) is 0 Å². The molecule has 0 aliphatic heterocycles. The summed E-state index contributed by atoms with van der Waals surface area (Å²) in [5.41, 5.74) is 3.19. The van der Waals surface area contributed by atoms with E-state index in [0.29, 0.717) is 6.42 Å². The number of hydrogen-bond acceptors (Lipinski definition) is 0. The second-order valence-corrected chi connectivity index (χ2v) is 4.74. The lowest BCUT2D eigenvalue weighted by Crippen LogP contribution is -2.04. The van der Waals surface area contributed by atoms with Gasteiger partial charge in [-0.05, 0) is 40.8 Å². The van der Waals surface area contributed by atoms with E-state index in [9.17, 15) is 13.2 Å². The molecule has 108 valence electrons. The van der Waals surface area contributed by atoms with E-state index in [1.54, 1.807) is 12.2 Å². The maximum atomic E-state index is 12.5. The van der Waals surface area contributed by atoms with Gasteiger partial charge in [-0.3, -0.25) is 0 Å². The SMILES string of the molecule is C=Cc1ccc(Cc2ccc(C(F)(F)F)cc2)cc1C=C. The van der Waals surface area contributed by atoms with Gasteiger partial charge in [0.25, 0.3) is 0 Å². The zero-order chi connectivity index (χ0) is 15.5. The van der Waals surface area contributed by atoms with E-state index in [2.05, 4.69) is 13.2 Å². The van der Waals surface area contributed by atoms with Crippen molar-refractivity contribution in [1.29, 1.82) is 0 Å². The van der Waals surface area contributed by atoms with Gasteiger partial charge in [0.15, 0.2) is 0 Å². The minimum Gasteiger partial charge on any atom is -0.166 e. The lowest BCUT2D eigenvalue weighted by Gasteiger charge is -2.09. The van der Waals surface area contributed by atoms with Crippen LogP contribution in [0.4, 0.5) is 13.2 Å². The number of alkyl halides is 3. The van der Waals surface area contributed by atoms with Crippen molar-refractivity contribution in [2.24, 2.45) is 0 Å². The number of benzene rings is 2. The van der Waals surface area contributed by atoms with Crippen molar-refractivity contribution in [3.63, 3.8) is 0 Å². The van der Waals surface area contributed by atoms with Crippen LogP contribution in [0.15, 0.2) is 55.6 Å². The average molecular weight is 288 g/mol. The van der Waals surface area contributed by atoms with E-state index in [0.717, 1.165) is 34.4 Å². The van der Waals surface area contributed by atoms with Crippen LogP contribution >= 0.6 is 0 Å². The van der Waals surface area contributed by atoms with Crippen LogP contribution in [0.1, 0.15) is 27.8 Å². The van der Waals surface area contributed by atoms with Gasteiger partial charge >= 0.3 is 6.18 Å². The Balaban J connectivity index is 2.22. The van der Waals surface area contributed by atoms with Crippen molar-refractivity contribution in [3.8, 4) is 0 Å². The van der Waals surface area contributed by atoms with Crippen LogP contribution in [0.25, 0.3) is 12.2 Å². The first kappa shape index (κ1) is 15.1. The van der Waals surface area contributed by atoms with Gasteiger partial charge in [0, 0.05) is 0 Å². The standard InChI is InChI=1S/C18H15F3/c1-3-15-8-5-14(12-16(15)4-2)11-13-6-9-17(10-7-13)18(19,20)21/h3-10,12H,1-2,11H2. The molecule has 0 nitrogen and oxygen atoms in total. The lowest BCUT2D eigenvalue weighted by atomic mass is 9.98. The van der Waals surface area contributed by atoms with E-state index in [1.807, 2.05) is 18.2 Å². The Morgan fingerprint density at radius 3 is 1.90 bits per heavy atom. The monoisotopic (exact) mass is 288 g/mol. The van der Waals surface area contributed by atoms with Gasteiger partial charge in [0.1, 0.15) is 0 Å². The molecule has 0 aliphatic rings. The predicted molar refractivity (Wildman–Crippen MR) is 80.9 cm³/mol.